The number of rotatable bonds is 4. The monoisotopic (exact) mass is 279 g/mol. The Bertz CT molecular complexity index is 602. The van der Waals surface area contributed by atoms with Crippen LogP contribution in [0.5, 0.6) is 0 Å². The number of hydrogen-bond donors (Lipinski definition) is 1. The quantitative estimate of drug-likeness (QED) is 0.872. The normalized spacial score (nSPS) is 21.0. The highest BCUT2D eigenvalue weighted by atomic mass is 14.9. The van der Waals surface area contributed by atoms with E-state index in [1.165, 1.54) is 41.5 Å². The van der Waals surface area contributed by atoms with E-state index in [1.807, 2.05) is 0 Å². The van der Waals surface area contributed by atoms with Gasteiger partial charge in [0.1, 0.15) is 0 Å². The van der Waals surface area contributed by atoms with E-state index in [-0.39, 0.29) is 0 Å². The Hall–Kier alpha value is -1.60. The predicted octanol–water partition coefficient (Wildman–Crippen LogP) is 4.45. The molecule has 0 saturated carbocycles. The molecular formula is C20H25N. The van der Waals surface area contributed by atoms with Crippen molar-refractivity contribution >= 4 is 0 Å². The highest BCUT2D eigenvalue weighted by Crippen LogP contribution is 2.36. The van der Waals surface area contributed by atoms with E-state index < -0.39 is 0 Å². The molecule has 2 aromatic rings. The van der Waals surface area contributed by atoms with Gasteiger partial charge in [-0.05, 0) is 55.3 Å². The summed E-state index contributed by atoms with van der Waals surface area (Å²) in [5.41, 5.74) is 5.89. The average Bonchev–Trinajstić information content (AvgIpc) is 2.50. The van der Waals surface area contributed by atoms with E-state index in [4.69, 9.17) is 0 Å². The SMILES string of the molecule is CCNC1c2ccccc2CCC1Cc1cccc(C)c1. The minimum atomic E-state index is 0.500. The maximum atomic E-state index is 3.73. The molecule has 1 aliphatic rings. The molecule has 0 aromatic heterocycles. The summed E-state index contributed by atoms with van der Waals surface area (Å²) in [6.45, 7) is 5.42. The lowest BCUT2D eigenvalue weighted by Crippen LogP contribution is -2.33. The van der Waals surface area contributed by atoms with Crippen LogP contribution in [0.3, 0.4) is 0 Å². The van der Waals surface area contributed by atoms with Gasteiger partial charge in [0.2, 0.25) is 0 Å². The van der Waals surface area contributed by atoms with E-state index in [9.17, 15) is 0 Å². The minimum absolute atomic E-state index is 0.500. The second kappa shape index (κ2) is 6.44. The first-order chi connectivity index (χ1) is 10.3. The maximum absolute atomic E-state index is 3.73. The molecule has 21 heavy (non-hydrogen) atoms. The summed E-state index contributed by atoms with van der Waals surface area (Å²) < 4.78 is 0. The van der Waals surface area contributed by atoms with Crippen molar-refractivity contribution in [3.8, 4) is 0 Å². The van der Waals surface area contributed by atoms with Gasteiger partial charge in [-0.3, -0.25) is 0 Å². The van der Waals surface area contributed by atoms with Crippen molar-refractivity contribution in [3.05, 3.63) is 70.8 Å². The van der Waals surface area contributed by atoms with Gasteiger partial charge in [0.15, 0.2) is 0 Å². The van der Waals surface area contributed by atoms with Crippen LogP contribution >= 0.6 is 0 Å². The van der Waals surface area contributed by atoms with Gasteiger partial charge in [-0.1, -0.05) is 61.0 Å². The number of benzene rings is 2. The van der Waals surface area contributed by atoms with Gasteiger partial charge in [0, 0.05) is 6.04 Å². The van der Waals surface area contributed by atoms with Gasteiger partial charge in [-0.25, -0.2) is 0 Å². The minimum Gasteiger partial charge on any atom is -0.310 e. The predicted molar refractivity (Wildman–Crippen MR) is 89.6 cm³/mol. The van der Waals surface area contributed by atoms with Crippen molar-refractivity contribution in [2.45, 2.75) is 39.2 Å². The molecule has 1 heteroatoms. The largest absolute Gasteiger partial charge is 0.310 e. The molecule has 2 aromatic carbocycles. The van der Waals surface area contributed by atoms with Gasteiger partial charge in [-0.2, -0.15) is 0 Å². The molecule has 0 spiro atoms. The Morgan fingerprint density at radius 2 is 1.95 bits per heavy atom. The molecule has 1 N–H and O–H groups in total. The van der Waals surface area contributed by atoms with E-state index in [0.717, 1.165) is 6.54 Å². The Labute approximate surface area is 128 Å². The van der Waals surface area contributed by atoms with Crippen LogP contribution in [0.4, 0.5) is 0 Å². The number of fused-ring (bicyclic) bond motifs is 1. The first-order valence-electron chi connectivity index (χ1n) is 8.14. The molecule has 0 radical (unpaired) electrons. The molecular weight excluding hydrogens is 254 g/mol. The zero-order valence-corrected chi connectivity index (χ0v) is 13.1. The van der Waals surface area contributed by atoms with Crippen LogP contribution in [0.1, 0.15) is 41.6 Å². The second-order valence-corrected chi connectivity index (χ2v) is 6.23. The summed E-state index contributed by atoms with van der Waals surface area (Å²) in [6.07, 6.45) is 3.67. The van der Waals surface area contributed by atoms with Crippen LogP contribution in [0.2, 0.25) is 0 Å². The van der Waals surface area contributed by atoms with Crippen molar-refractivity contribution in [1.82, 2.24) is 5.32 Å². The molecule has 0 fully saturated rings. The third-order valence-corrected chi connectivity index (χ3v) is 4.65. The van der Waals surface area contributed by atoms with Crippen LogP contribution < -0.4 is 5.32 Å². The Morgan fingerprint density at radius 1 is 1.10 bits per heavy atom. The van der Waals surface area contributed by atoms with Crippen LogP contribution in [0.25, 0.3) is 0 Å². The van der Waals surface area contributed by atoms with Crippen LogP contribution in [0, 0.1) is 12.8 Å². The summed E-state index contributed by atoms with van der Waals surface area (Å²) in [5.74, 6) is 0.696. The Balaban J connectivity index is 1.85. The topological polar surface area (TPSA) is 12.0 Å². The van der Waals surface area contributed by atoms with Crippen LogP contribution in [-0.2, 0) is 12.8 Å². The van der Waals surface area contributed by atoms with Gasteiger partial charge < -0.3 is 5.32 Å². The molecule has 3 rings (SSSR count). The molecule has 110 valence electrons. The molecule has 1 nitrogen and oxygen atoms in total. The summed E-state index contributed by atoms with van der Waals surface area (Å²) in [5, 5.41) is 3.73. The molecule has 1 aliphatic carbocycles. The van der Waals surface area contributed by atoms with Gasteiger partial charge in [0.05, 0.1) is 0 Å². The maximum Gasteiger partial charge on any atom is 0.0354 e. The molecule has 2 atom stereocenters. The number of nitrogens with one attached hydrogen (secondary N) is 1. The van der Waals surface area contributed by atoms with Crippen molar-refractivity contribution < 1.29 is 0 Å². The average molecular weight is 279 g/mol. The standard InChI is InChI=1S/C20H25N/c1-3-21-20-18(14-16-8-6-7-15(2)13-16)12-11-17-9-4-5-10-19(17)20/h4-10,13,18,20-21H,3,11-12,14H2,1-2H3. The third-order valence-electron chi connectivity index (χ3n) is 4.65. The summed E-state index contributed by atoms with van der Waals surface area (Å²) in [7, 11) is 0. The lowest BCUT2D eigenvalue weighted by atomic mass is 9.77. The zero-order chi connectivity index (χ0) is 14.7. The smallest absolute Gasteiger partial charge is 0.0354 e. The second-order valence-electron chi connectivity index (χ2n) is 6.23. The number of hydrogen-bond acceptors (Lipinski definition) is 1. The molecule has 0 bridgehead atoms. The molecule has 0 saturated heterocycles. The highest BCUT2D eigenvalue weighted by Gasteiger charge is 2.28. The molecule has 0 aliphatic heterocycles. The van der Waals surface area contributed by atoms with Gasteiger partial charge in [-0.15, -0.1) is 0 Å². The van der Waals surface area contributed by atoms with Crippen molar-refractivity contribution in [3.63, 3.8) is 0 Å². The fourth-order valence-corrected chi connectivity index (χ4v) is 3.69. The first-order valence-corrected chi connectivity index (χ1v) is 8.14. The Morgan fingerprint density at radius 3 is 2.76 bits per heavy atom. The van der Waals surface area contributed by atoms with Gasteiger partial charge in [0.25, 0.3) is 0 Å². The van der Waals surface area contributed by atoms with Crippen molar-refractivity contribution in [1.29, 1.82) is 0 Å². The fourth-order valence-electron chi connectivity index (χ4n) is 3.69. The van der Waals surface area contributed by atoms with Crippen molar-refractivity contribution in [2.24, 2.45) is 5.92 Å². The van der Waals surface area contributed by atoms with E-state index in [1.54, 1.807) is 0 Å². The van der Waals surface area contributed by atoms with Crippen molar-refractivity contribution in [2.75, 3.05) is 6.54 Å². The third kappa shape index (κ3) is 3.19. The highest BCUT2D eigenvalue weighted by molar-refractivity contribution is 5.34. The fraction of sp³-hybridized carbons (Fsp3) is 0.400. The zero-order valence-electron chi connectivity index (χ0n) is 13.1. The van der Waals surface area contributed by atoms with E-state index >= 15 is 0 Å². The summed E-state index contributed by atoms with van der Waals surface area (Å²) in [4.78, 5) is 0. The molecule has 2 unspecified atom stereocenters. The molecule has 0 amide bonds. The Kier molecular flexibility index (Phi) is 4.40. The summed E-state index contributed by atoms with van der Waals surface area (Å²) >= 11 is 0. The summed E-state index contributed by atoms with van der Waals surface area (Å²) in [6, 6.07) is 18.4. The lowest BCUT2D eigenvalue weighted by molar-refractivity contribution is 0.323. The molecule has 0 heterocycles. The number of aryl methyl sites for hydroxylation is 2. The van der Waals surface area contributed by atoms with Crippen LogP contribution in [-0.4, -0.2) is 6.54 Å². The first kappa shape index (κ1) is 14.3. The lowest BCUT2D eigenvalue weighted by Gasteiger charge is -2.34. The van der Waals surface area contributed by atoms with Gasteiger partial charge >= 0.3 is 0 Å². The van der Waals surface area contributed by atoms with Crippen LogP contribution in [0.15, 0.2) is 48.5 Å². The van der Waals surface area contributed by atoms with E-state index in [2.05, 4.69) is 67.7 Å². The van der Waals surface area contributed by atoms with E-state index in [0.29, 0.717) is 12.0 Å².